The molecule has 4 saturated heterocycles. The van der Waals surface area contributed by atoms with Gasteiger partial charge in [0, 0.05) is 13.8 Å². The SMILES string of the molecule is CC(=O)N[C@H]1[C@H](O[C@H]2[C@@H](O)[C@@H](CO)OC(O)[C@@H]2O)O[C@H](COS(=O)(=O)O)[C@@H](O[C@@H]2O[C@H](CO)[C@H](O)[C@H](O[C@@H]3O[C@H](COS(=O)(=O)O)[C@@H](O)[C@H](O)[C@H]3NC(C)=O)[C@H]2O)[C@@H]1O. The molecular formula is C28H48N2O27S2. The van der Waals surface area contributed by atoms with Gasteiger partial charge >= 0.3 is 20.8 Å². The highest BCUT2D eigenvalue weighted by Gasteiger charge is 2.56. The van der Waals surface area contributed by atoms with Crippen LogP contribution in [0, 0.1) is 0 Å². The monoisotopic (exact) mass is 908 g/mol. The normalized spacial score (nSPS) is 43.5. The molecule has 0 aliphatic carbocycles. The molecule has 0 saturated carbocycles. The van der Waals surface area contributed by atoms with Crippen molar-refractivity contribution in [1.82, 2.24) is 10.6 Å². The van der Waals surface area contributed by atoms with Gasteiger partial charge in [-0.15, -0.1) is 0 Å². The molecule has 1 unspecified atom stereocenters. The lowest BCUT2D eigenvalue weighted by molar-refractivity contribution is -0.376. The summed E-state index contributed by atoms with van der Waals surface area (Å²) in [6.07, 6.45) is -36.0. The minimum Gasteiger partial charge on any atom is -0.394 e. The minimum atomic E-state index is -5.30. The van der Waals surface area contributed by atoms with Crippen molar-refractivity contribution in [3.8, 4) is 0 Å². The molecule has 20 atom stereocenters. The Hall–Kier alpha value is -2.00. The highest BCUT2D eigenvalue weighted by Crippen LogP contribution is 2.35. The third-order valence-electron chi connectivity index (χ3n) is 9.41. The van der Waals surface area contributed by atoms with Crippen LogP contribution in [0.25, 0.3) is 0 Å². The van der Waals surface area contributed by atoms with Gasteiger partial charge in [0.15, 0.2) is 25.2 Å². The number of hydrogen-bond acceptors (Lipinski definition) is 25. The van der Waals surface area contributed by atoms with Crippen LogP contribution < -0.4 is 10.6 Å². The number of hydrogen-bond donors (Lipinski definition) is 14. The van der Waals surface area contributed by atoms with E-state index in [1.165, 1.54) is 0 Å². The second-order valence-electron chi connectivity index (χ2n) is 13.7. The first-order chi connectivity index (χ1) is 27.4. The average molecular weight is 909 g/mol. The van der Waals surface area contributed by atoms with Crippen LogP contribution in [0.5, 0.6) is 0 Å². The maximum atomic E-state index is 12.3. The van der Waals surface area contributed by atoms with Gasteiger partial charge in [0.05, 0.1) is 26.4 Å². The molecule has 59 heavy (non-hydrogen) atoms. The molecule has 0 aromatic rings. The van der Waals surface area contributed by atoms with Crippen LogP contribution in [-0.4, -0.2) is 238 Å². The van der Waals surface area contributed by atoms with E-state index in [0.717, 1.165) is 13.8 Å². The van der Waals surface area contributed by atoms with Gasteiger partial charge in [0.1, 0.15) is 97.5 Å². The number of carbonyl (C=O) groups is 2. The summed E-state index contributed by atoms with van der Waals surface area (Å²) in [4.78, 5) is 24.3. The van der Waals surface area contributed by atoms with E-state index >= 15 is 0 Å². The first-order valence-electron chi connectivity index (χ1n) is 17.4. The Kier molecular flexibility index (Phi) is 17.2. The largest absolute Gasteiger partial charge is 0.397 e. The Balaban J connectivity index is 1.66. The Bertz CT molecular complexity index is 1630. The summed E-state index contributed by atoms with van der Waals surface area (Å²) in [5.74, 6) is -1.74. The average Bonchev–Trinajstić information content (AvgIpc) is 3.13. The molecule has 0 bridgehead atoms. The molecule has 0 spiro atoms. The fourth-order valence-electron chi connectivity index (χ4n) is 6.63. The Morgan fingerprint density at radius 1 is 0.508 bits per heavy atom. The minimum absolute atomic E-state index is 0.848. The van der Waals surface area contributed by atoms with Crippen molar-refractivity contribution in [3.05, 3.63) is 0 Å². The molecule has 344 valence electrons. The van der Waals surface area contributed by atoms with Crippen molar-refractivity contribution in [2.45, 2.75) is 137 Å². The summed E-state index contributed by atoms with van der Waals surface area (Å²) in [7, 11) is -10.4. The first-order valence-corrected chi connectivity index (χ1v) is 20.1. The first kappa shape index (κ1) is 49.7. The van der Waals surface area contributed by atoms with Gasteiger partial charge in [-0.1, -0.05) is 0 Å². The lowest BCUT2D eigenvalue weighted by Crippen LogP contribution is -2.70. The Morgan fingerprint density at radius 2 is 0.915 bits per heavy atom. The van der Waals surface area contributed by atoms with Crippen LogP contribution in [0.3, 0.4) is 0 Å². The quantitative estimate of drug-likeness (QED) is 0.0639. The molecule has 0 radical (unpaired) electrons. The van der Waals surface area contributed by atoms with Gasteiger partial charge in [-0.2, -0.15) is 16.8 Å². The van der Waals surface area contributed by atoms with E-state index in [0.29, 0.717) is 0 Å². The highest BCUT2D eigenvalue weighted by atomic mass is 32.3. The number of aliphatic hydroxyl groups excluding tert-OH is 10. The molecule has 4 fully saturated rings. The molecular weight excluding hydrogens is 860 g/mol. The van der Waals surface area contributed by atoms with Gasteiger partial charge in [0.25, 0.3) is 0 Å². The van der Waals surface area contributed by atoms with E-state index in [9.17, 15) is 82.0 Å². The van der Waals surface area contributed by atoms with Crippen LogP contribution >= 0.6 is 0 Å². The van der Waals surface area contributed by atoms with Gasteiger partial charge in [-0.25, -0.2) is 8.37 Å². The second kappa shape index (κ2) is 20.5. The van der Waals surface area contributed by atoms with Gasteiger partial charge < -0.3 is 94.9 Å². The molecule has 31 heteroatoms. The number of amides is 2. The van der Waals surface area contributed by atoms with Crippen LogP contribution in [-0.2, 0) is 71.9 Å². The Morgan fingerprint density at radius 3 is 1.39 bits per heavy atom. The number of nitrogens with one attached hydrogen (secondary N) is 2. The fraction of sp³-hybridized carbons (Fsp3) is 0.929. The van der Waals surface area contributed by atoms with Gasteiger partial charge in [-0.3, -0.25) is 18.7 Å². The van der Waals surface area contributed by atoms with Gasteiger partial charge in [0.2, 0.25) is 11.8 Å². The predicted octanol–water partition coefficient (Wildman–Crippen LogP) is -9.81. The van der Waals surface area contributed by atoms with Crippen LogP contribution in [0.15, 0.2) is 0 Å². The van der Waals surface area contributed by atoms with E-state index in [2.05, 4.69) is 19.0 Å². The van der Waals surface area contributed by atoms with Crippen molar-refractivity contribution < 1.29 is 128 Å². The number of carbonyl (C=O) groups excluding carboxylic acids is 2. The maximum Gasteiger partial charge on any atom is 0.397 e. The molecule has 4 heterocycles. The van der Waals surface area contributed by atoms with Gasteiger partial charge in [-0.05, 0) is 0 Å². The number of rotatable bonds is 16. The van der Waals surface area contributed by atoms with Crippen molar-refractivity contribution in [3.63, 3.8) is 0 Å². The topological polar surface area (TPSA) is 452 Å². The summed E-state index contributed by atoms with van der Waals surface area (Å²) >= 11 is 0. The van der Waals surface area contributed by atoms with Crippen LogP contribution in [0.2, 0.25) is 0 Å². The number of ether oxygens (including phenoxy) is 7. The van der Waals surface area contributed by atoms with E-state index < -0.39 is 182 Å². The summed E-state index contributed by atoms with van der Waals surface area (Å²) < 4.78 is 111. The smallest absolute Gasteiger partial charge is 0.394 e. The lowest BCUT2D eigenvalue weighted by Gasteiger charge is -2.50. The van der Waals surface area contributed by atoms with Crippen LogP contribution in [0.4, 0.5) is 0 Å². The molecule has 0 aromatic heterocycles. The van der Waals surface area contributed by atoms with Crippen molar-refractivity contribution in [2.24, 2.45) is 0 Å². The molecule has 4 aliphatic rings. The van der Waals surface area contributed by atoms with E-state index in [4.69, 9.17) is 37.7 Å². The second-order valence-corrected chi connectivity index (χ2v) is 15.9. The molecule has 29 nitrogen and oxygen atoms in total. The zero-order valence-corrected chi connectivity index (χ0v) is 32.3. The van der Waals surface area contributed by atoms with E-state index in [-0.39, 0.29) is 0 Å². The summed E-state index contributed by atoms with van der Waals surface area (Å²) in [5.41, 5.74) is 0. The molecule has 4 rings (SSSR count). The zero-order valence-electron chi connectivity index (χ0n) is 30.7. The lowest BCUT2D eigenvalue weighted by atomic mass is 9.94. The summed E-state index contributed by atoms with van der Waals surface area (Å²) in [6, 6.07) is -3.58. The molecule has 2 amide bonds. The van der Waals surface area contributed by atoms with Crippen molar-refractivity contribution in [1.29, 1.82) is 0 Å². The third-order valence-corrected chi connectivity index (χ3v) is 10.3. The third kappa shape index (κ3) is 12.6. The van der Waals surface area contributed by atoms with Crippen molar-refractivity contribution in [2.75, 3.05) is 26.4 Å². The number of aliphatic hydroxyl groups is 10. The standard InChI is InChI=1S/C28H48N2O27S2/c1-7(33)29-13-18(38)15(35)11(5-49-58(43,44)45)53-26(13)57-24-17(37)10(4-32)52-28(21(24)41)55-22-12(6-50-59(46,47)48)54-27(14(19(22)39)30-8(2)34)56-23-16(36)9(3-31)51-25(42)20(23)40/h9-28,31-32,35-42H,3-6H2,1-2H3,(H,29,33)(H,30,34)(H,43,44,45)(H,46,47,48)/t9-,10-,11-,12-,13-,14-,15-,16+,17+,18-,19-,20-,21-,22-,23+,24+,25?,26+,27+,28+/m1/s1. The maximum absolute atomic E-state index is 12.3. The fourth-order valence-corrected chi connectivity index (χ4v) is 7.24. The predicted molar refractivity (Wildman–Crippen MR) is 178 cm³/mol. The summed E-state index contributed by atoms with van der Waals surface area (Å²) in [5, 5.41) is 111. The van der Waals surface area contributed by atoms with Crippen molar-refractivity contribution >= 4 is 32.6 Å². The molecule has 0 aromatic carbocycles. The molecule has 14 N–H and O–H groups in total. The highest BCUT2D eigenvalue weighted by molar-refractivity contribution is 7.81. The van der Waals surface area contributed by atoms with E-state index in [1.807, 2.05) is 0 Å². The molecule has 4 aliphatic heterocycles. The van der Waals surface area contributed by atoms with E-state index in [1.54, 1.807) is 0 Å². The zero-order chi connectivity index (χ0) is 44.3. The summed E-state index contributed by atoms with van der Waals surface area (Å²) in [6.45, 7) is -2.45. The van der Waals surface area contributed by atoms with Crippen LogP contribution in [0.1, 0.15) is 13.8 Å². The Labute approximate surface area is 334 Å².